The SMILES string of the molecule is Cc1oc(-c2cccs2)nc1CC(=O)N1CCN(c2cnccn2)CC1. The van der Waals surface area contributed by atoms with Crippen LogP contribution in [-0.2, 0) is 11.2 Å². The number of thiophene rings is 1. The summed E-state index contributed by atoms with van der Waals surface area (Å²) in [5, 5.41) is 1.98. The largest absolute Gasteiger partial charge is 0.440 e. The maximum absolute atomic E-state index is 12.7. The lowest BCUT2D eigenvalue weighted by atomic mass is 10.2. The third kappa shape index (κ3) is 3.45. The fraction of sp³-hybridized carbons (Fsp3) is 0.333. The lowest BCUT2D eigenvalue weighted by molar-refractivity contribution is -0.130. The fourth-order valence-corrected chi connectivity index (χ4v) is 3.64. The van der Waals surface area contributed by atoms with Gasteiger partial charge in [-0.2, -0.15) is 0 Å². The number of nitrogens with zero attached hydrogens (tertiary/aromatic N) is 5. The molecule has 1 aliphatic heterocycles. The van der Waals surface area contributed by atoms with Gasteiger partial charge in [0, 0.05) is 38.6 Å². The number of carbonyl (C=O) groups is 1. The Balaban J connectivity index is 1.37. The molecule has 0 bridgehead atoms. The van der Waals surface area contributed by atoms with Gasteiger partial charge in [-0.3, -0.25) is 9.78 Å². The predicted molar refractivity (Wildman–Crippen MR) is 99.1 cm³/mol. The van der Waals surface area contributed by atoms with Gasteiger partial charge >= 0.3 is 0 Å². The summed E-state index contributed by atoms with van der Waals surface area (Å²) in [6, 6.07) is 3.92. The van der Waals surface area contributed by atoms with Crippen LogP contribution < -0.4 is 4.90 Å². The van der Waals surface area contributed by atoms with Gasteiger partial charge in [0.1, 0.15) is 11.6 Å². The average molecular weight is 369 g/mol. The number of aryl methyl sites for hydroxylation is 1. The molecule has 26 heavy (non-hydrogen) atoms. The van der Waals surface area contributed by atoms with Gasteiger partial charge in [0.05, 0.1) is 23.2 Å². The predicted octanol–water partition coefficient (Wildman–Crippen LogP) is 2.39. The van der Waals surface area contributed by atoms with E-state index >= 15 is 0 Å². The van der Waals surface area contributed by atoms with Crippen LogP contribution in [0.15, 0.2) is 40.5 Å². The Bertz CT molecular complexity index is 870. The Hall–Kier alpha value is -2.74. The molecule has 8 heteroatoms. The van der Waals surface area contributed by atoms with Crippen LogP contribution in [0.5, 0.6) is 0 Å². The summed E-state index contributed by atoms with van der Waals surface area (Å²) in [7, 11) is 0. The maximum atomic E-state index is 12.7. The first-order valence-electron chi connectivity index (χ1n) is 8.49. The van der Waals surface area contributed by atoms with Gasteiger partial charge in [-0.25, -0.2) is 9.97 Å². The number of carbonyl (C=O) groups excluding carboxylic acids is 1. The Morgan fingerprint density at radius 2 is 2.12 bits per heavy atom. The van der Waals surface area contributed by atoms with Gasteiger partial charge in [0.2, 0.25) is 11.8 Å². The van der Waals surface area contributed by atoms with Crippen LogP contribution in [0.1, 0.15) is 11.5 Å². The highest BCUT2D eigenvalue weighted by atomic mass is 32.1. The molecule has 0 radical (unpaired) electrons. The second kappa shape index (κ2) is 7.25. The van der Waals surface area contributed by atoms with E-state index in [-0.39, 0.29) is 12.3 Å². The van der Waals surface area contributed by atoms with E-state index in [9.17, 15) is 4.79 Å². The number of aromatic nitrogens is 3. The van der Waals surface area contributed by atoms with Gasteiger partial charge in [0.15, 0.2) is 0 Å². The molecule has 7 nitrogen and oxygen atoms in total. The highest BCUT2D eigenvalue weighted by molar-refractivity contribution is 7.13. The summed E-state index contributed by atoms with van der Waals surface area (Å²) < 4.78 is 5.73. The van der Waals surface area contributed by atoms with E-state index in [2.05, 4.69) is 19.9 Å². The first-order chi connectivity index (χ1) is 12.7. The summed E-state index contributed by atoms with van der Waals surface area (Å²) in [6.45, 7) is 4.71. The molecule has 1 aliphatic rings. The van der Waals surface area contributed by atoms with Crippen LogP contribution in [0, 0.1) is 6.92 Å². The minimum atomic E-state index is 0.0814. The van der Waals surface area contributed by atoms with Crippen molar-refractivity contribution in [3.63, 3.8) is 0 Å². The lowest BCUT2D eigenvalue weighted by Gasteiger charge is -2.35. The van der Waals surface area contributed by atoms with Crippen LogP contribution in [-0.4, -0.2) is 51.9 Å². The van der Waals surface area contributed by atoms with Crippen LogP contribution >= 0.6 is 11.3 Å². The molecule has 0 aliphatic carbocycles. The molecule has 4 rings (SSSR count). The van der Waals surface area contributed by atoms with Gasteiger partial charge in [-0.1, -0.05) is 6.07 Å². The van der Waals surface area contributed by atoms with E-state index in [1.165, 1.54) is 0 Å². The Kier molecular flexibility index (Phi) is 4.66. The molecular formula is C18H19N5O2S. The van der Waals surface area contributed by atoms with Crippen molar-refractivity contribution < 1.29 is 9.21 Å². The molecule has 0 N–H and O–H groups in total. The molecule has 1 amide bonds. The molecule has 4 heterocycles. The monoisotopic (exact) mass is 369 g/mol. The molecule has 3 aromatic heterocycles. The van der Waals surface area contributed by atoms with E-state index in [4.69, 9.17) is 4.42 Å². The second-order valence-corrected chi connectivity index (χ2v) is 7.06. The zero-order valence-electron chi connectivity index (χ0n) is 14.5. The zero-order chi connectivity index (χ0) is 17.9. The Morgan fingerprint density at radius 3 is 2.81 bits per heavy atom. The molecule has 1 fully saturated rings. The number of piperazine rings is 1. The summed E-state index contributed by atoms with van der Waals surface area (Å²) in [4.78, 5) is 30.6. The number of amides is 1. The molecule has 1 saturated heterocycles. The third-order valence-corrected chi connectivity index (χ3v) is 5.31. The average Bonchev–Trinajstić information content (AvgIpc) is 3.33. The first-order valence-corrected chi connectivity index (χ1v) is 9.37. The molecule has 0 aromatic carbocycles. The highest BCUT2D eigenvalue weighted by Crippen LogP contribution is 2.26. The van der Waals surface area contributed by atoms with Crippen molar-refractivity contribution in [2.75, 3.05) is 31.1 Å². The van der Waals surface area contributed by atoms with Crippen molar-refractivity contribution in [1.29, 1.82) is 0 Å². The van der Waals surface area contributed by atoms with Crippen molar-refractivity contribution in [2.24, 2.45) is 0 Å². The fourth-order valence-electron chi connectivity index (χ4n) is 2.99. The summed E-state index contributed by atoms with van der Waals surface area (Å²) in [6.07, 6.45) is 5.37. The van der Waals surface area contributed by atoms with E-state index in [1.54, 1.807) is 29.9 Å². The Labute approximate surface area is 155 Å². The smallest absolute Gasteiger partial charge is 0.236 e. The second-order valence-electron chi connectivity index (χ2n) is 6.11. The van der Waals surface area contributed by atoms with Crippen LogP contribution in [0.2, 0.25) is 0 Å². The molecular weight excluding hydrogens is 350 g/mol. The van der Waals surface area contributed by atoms with Crippen molar-refractivity contribution in [3.8, 4) is 10.8 Å². The summed E-state index contributed by atoms with van der Waals surface area (Å²) in [5.41, 5.74) is 0.717. The van der Waals surface area contributed by atoms with Crippen LogP contribution in [0.3, 0.4) is 0 Å². The Morgan fingerprint density at radius 1 is 1.27 bits per heavy atom. The van der Waals surface area contributed by atoms with E-state index in [1.807, 2.05) is 29.3 Å². The van der Waals surface area contributed by atoms with Gasteiger partial charge < -0.3 is 14.2 Å². The highest BCUT2D eigenvalue weighted by Gasteiger charge is 2.24. The normalized spacial score (nSPS) is 14.7. The summed E-state index contributed by atoms with van der Waals surface area (Å²) >= 11 is 1.58. The van der Waals surface area contributed by atoms with Gasteiger partial charge in [0.25, 0.3) is 0 Å². The molecule has 134 valence electrons. The van der Waals surface area contributed by atoms with Gasteiger partial charge in [-0.15, -0.1) is 11.3 Å². The molecule has 0 spiro atoms. The van der Waals surface area contributed by atoms with E-state index in [0.29, 0.717) is 24.7 Å². The molecule has 0 atom stereocenters. The standard InChI is InChI=1S/C18H19N5O2S/c1-13-14(21-18(25-13)15-3-2-10-26-15)11-17(24)23-8-6-22(7-9-23)16-12-19-4-5-20-16/h2-5,10,12H,6-9,11H2,1H3. The number of anilines is 1. The van der Waals surface area contributed by atoms with E-state index in [0.717, 1.165) is 29.5 Å². The topological polar surface area (TPSA) is 75.4 Å². The van der Waals surface area contributed by atoms with Crippen molar-refractivity contribution in [3.05, 3.63) is 47.6 Å². The molecule has 0 unspecified atom stereocenters. The zero-order valence-corrected chi connectivity index (χ0v) is 15.3. The minimum absolute atomic E-state index is 0.0814. The van der Waals surface area contributed by atoms with Crippen LogP contribution in [0.4, 0.5) is 5.82 Å². The van der Waals surface area contributed by atoms with Crippen LogP contribution in [0.25, 0.3) is 10.8 Å². The van der Waals surface area contributed by atoms with Crippen molar-refractivity contribution >= 4 is 23.1 Å². The number of hydrogen-bond acceptors (Lipinski definition) is 7. The van der Waals surface area contributed by atoms with Crippen molar-refractivity contribution in [2.45, 2.75) is 13.3 Å². The number of rotatable bonds is 4. The molecule has 3 aromatic rings. The van der Waals surface area contributed by atoms with Gasteiger partial charge in [-0.05, 0) is 18.4 Å². The maximum Gasteiger partial charge on any atom is 0.236 e. The molecule has 0 saturated carbocycles. The summed E-state index contributed by atoms with van der Waals surface area (Å²) in [5.74, 6) is 2.23. The van der Waals surface area contributed by atoms with Crippen molar-refractivity contribution in [1.82, 2.24) is 19.9 Å². The third-order valence-electron chi connectivity index (χ3n) is 4.45. The lowest BCUT2D eigenvalue weighted by Crippen LogP contribution is -2.49. The first kappa shape index (κ1) is 16.7. The number of hydrogen-bond donors (Lipinski definition) is 0. The quantitative estimate of drug-likeness (QED) is 0.703. The minimum Gasteiger partial charge on any atom is -0.440 e. The number of oxazole rings is 1. The van der Waals surface area contributed by atoms with E-state index < -0.39 is 0 Å².